The van der Waals surface area contributed by atoms with Gasteiger partial charge in [-0.1, -0.05) is 54.6 Å². The number of carbonyl (C=O) groups is 1. The second-order valence-corrected chi connectivity index (χ2v) is 5.51. The monoisotopic (exact) mass is 291 g/mol. The van der Waals surface area contributed by atoms with Crippen LogP contribution < -0.4 is 0 Å². The van der Waals surface area contributed by atoms with Crippen molar-refractivity contribution in [2.75, 3.05) is 5.75 Å². The minimum atomic E-state index is 0.115. The van der Waals surface area contributed by atoms with Crippen LogP contribution in [-0.4, -0.2) is 16.5 Å². The van der Waals surface area contributed by atoms with Crippen molar-refractivity contribution in [1.29, 1.82) is 0 Å². The highest BCUT2D eigenvalue weighted by Crippen LogP contribution is 2.18. The van der Waals surface area contributed by atoms with Crippen LogP contribution in [-0.2, 0) is 6.42 Å². The number of aromatic nitrogens is 1. The van der Waals surface area contributed by atoms with E-state index in [2.05, 4.69) is 11.9 Å². The molecule has 0 aliphatic heterocycles. The molecule has 98 valence electrons. The van der Waals surface area contributed by atoms with Crippen molar-refractivity contribution in [2.24, 2.45) is 0 Å². The molecule has 1 heterocycles. The van der Waals surface area contributed by atoms with Crippen LogP contribution in [0, 0.1) is 0 Å². The van der Waals surface area contributed by atoms with Gasteiger partial charge in [-0.2, -0.15) is 0 Å². The van der Waals surface area contributed by atoms with Gasteiger partial charge in [-0.05, 0) is 24.1 Å². The zero-order chi connectivity index (χ0) is 13.7. The summed E-state index contributed by atoms with van der Waals surface area (Å²) in [7, 11) is 0. The number of halogens is 1. The number of Topliss-reactive ketones (excluding diaryl/α,β-unsaturated/α-hetero) is 1. The van der Waals surface area contributed by atoms with Gasteiger partial charge in [0.1, 0.15) is 0 Å². The summed E-state index contributed by atoms with van der Waals surface area (Å²) in [4.78, 5) is 16.2. The fourth-order valence-corrected chi connectivity index (χ4v) is 2.45. The van der Waals surface area contributed by atoms with E-state index in [1.807, 2.05) is 30.3 Å². The second-order valence-electron chi connectivity index (χ2n) is 4.08. The number of benzene rings is 1. The van der Waals surface area contributed by atoms with E-state index in [4.69, 9.17) is 11.6 Å². The molecule has 0 saturated heterocycles. The average molecular weight is 292 g/mol. The number of rotatable bonds is 5. The van der Waals surface area contributed by atoms with Crippen LogP contribution >= 0.6 is 23.4 Å². The molecule has 0 N–H and O–H groups in total. The third-order valence-electron chi connectivity index (χ3n) is 2.74. The van der Waals surface area contributed by atoms with Crippen molar-refractivity contribution in [3.63, 3.8) is 0 Å². The van der Waals surface area contributed by atoms with Crippen LogP contribution in [0.15, 0.2) is 47.6 Å². The molecule has 0 radical (unpaired) electrons. The summed E-state index contributed by atoms with van der Waals surface area (Å²) < 4.78 is 0. The molecular weight excluding hydrogens is 278 g/mol. The van der Waals surface area contributed by atoms with Crippen molar-refractivity contribution in [3.8, 4) is 0 Å². The maximum Gasteiger partial charge on any atom is 0.173 e. The third-order valence-corrected chi connectivity index (χ3v) is 3.90. The molecule has 1 aromatic heterocycles. The fourth-order valence-electron chi connectivity index (χ4n) is 1.60. The lowest BCUT2D eigenvalue weighted by Gasteiger charge is -2.02. The van der Waals surface area contributed by atoms with E-state index >= 15 is 0 Å². The van der Waals surface area contributed by atoms with E-state index in [9.17, 15) is 4.79 Å². The minimum absolute atomic E-state index is 0.115. The first kappa shape index (κ1) is 14.1. The number of thioether (sulfide) groups is 1. The number of pyridine rings is 1. The van der Waals surface area contributed by atoms with E-state index < -0.39 is 0 Å². The standard InChI is InChI=1S/C15H14ClNOS/c1-2-11-3-5-12(6-4-11)14(18)10-19-15-8-7-13(16)9-17-15/h3-9H,2,10H2,1H3. The molecule has 4 heteroatoms. The minimum Gasteiger partial charge on any atom is -0.293 e. The summed E-state index contributed by atoms with van der Waals surface area (Å²) >= 11 is 7.18. The molecule has 0 bridgehead atoms. The average Bonchev–Trinajstić information content (AvgIpc) is 2.46. The Morgan fingerprint density at radius 2 is 1.95 bits per heavy atom. The lowest BCUT2D eigenvalue weighted by Crippen LogP contribution is -2.02. The molecule has 0 aliphatic carbocycles. The summed E-state index contributed by atoms with van der Waals surface area (Å²) in [5.41, 5.74) is 1.99. The second kappa shape index (κ2) is 6.73. The zero-order valence-corrected chi connectivity index (χ0v) is 12.2. The molecule has 2 aromatic rings. The van der Waals surface area contributed by atoms with Crippen LogP contribution in [0.1, 0.15) is 22.8 Å². The summed E-state index contributed by atoms with van der Waals surface area (Å²) in [6, 6.07) is 11.4. The maximum absolute atomic E-state index is 12.0. The predicted molar refractivity (Wildman–Crippen MR) is 80.1 cm³/mol. The molecular formula is C15H14ClNOS. The molecule has 19 heavy (non-hydrogen) atoms. The number of nitrogens with zero attached hydrogens (tertiary/aromatic N) is 1. The number of aryl methyl sites for hydroxylation is 1. The van der Waals surface area contributed by atoms with Gasteiger partial charge in [-0.25, -0.2) is 4.98 Å². The molecule has 0 amide bonds. The Hall–Kier alpha value is -1.32. The molecule has 0 fully saturated rings. The molecule has 0 aliphatic rings. The molecule has 2 rings (SSSR count). The van der Waals surface area contributed by atoms with Crippen LogP contribution in [0.5, 0.6) is 0 Å². The Kier molecular flexibility index (Phi) is 5.00. The van der Waals surface area contributed by atoms with Gasteiger partial charge in [0.2, 0.25) is 0 Å². The summed E-state index contributed by atoms with van der Waals surface area (Å²) in [5.74, 6) is 0.504. The largest absolute Gasteiger partial charge is 0.293 e. The number of ketones is 1. The van der Waals surface area contributed by atoms with E-state index in [-0.39, 0.29) is 5.78 Å². The van der Waals surface area contributed by atoms with Crippen molar-refractivity contribution in [2.45, 2.75) is 18.4 Å². The van der Waals surface area contributed by atoms with Gasteiger partial charge in [0, 0.05) is 11.8 Å². The molecule has 0 atom stereocenters. The van der Waals surface area contributed by atoms with Crippen molar-refractivity contribution in [3.05, 3.63) is 58.7 Å². The molecule has 0 unspecified atom stereocenters. The van der Waals surface area contributed by atoms with Crippen molar-refractivity contribution >= 4 is 29.1 Å². The van der Waals surface area contributed by atoms with Crippen LogP contribution in [0.2, 0.25) is 5.02 Å². The Morgan fingerprint density at radius 3 is 2.53 bits per heavy atom. The van der Waals surface area contributed by atoms with E-state index in [0.717, 1.165) is 17.0 Å². The Morgan fingerprint density at radius 1 is 1.21 bits per heavy atom. The fraction of sp³-hybridized carbons (Fsp3) is 0.200. The lowest BCUT2D eigenvalue weighted by atomic mass is 10.1. The van der Waals surface area contributed by atoms with E-state index in [0.29, 0.717) is 10.8 Å². The van der Waals surface area contributed by atoms with Gasteiger partial charge in [-0.15, -0.1) is 0 Å². The topological polar surface area (TPSA) is 30.0 Å². The zero-order valence-electron chi connectivity index (χ0n) is 10.6. The van der Waals surface area contributed by atoms with Crippen molar-refractivity contribution < 1.29 is 4.79 Å². The number of hydrogen-bond acceptors (Lipinski definition) is 3. The van der Waals surface area contributed by atoms with Crippen LogP contribution in [0.4, 0.5) is 0 Å². The van der Waals surface area contributed by atoms with Gasteiger partial charge < -0.3 is 0 Å². The van der Waals surface area contributed by atoms with E-state index in [1.54, 1.807) is 12.3 Å². The van der Waals surface area contributed by atoms with Crippen LogP contribution in [0.25, 0.3) is 0 Å². The molecule has 1 aromatic carbocycles. The molecule has 2 nitrogen and oxygen atoms in total. The quantitative estimate of drug-likeness (QED) is 0.608. The summed E-state index contributed by atoms with van der Waals surface area (Å²) in [6.45, 7) is 2.10. The number of hydrogen-bond donors (Lipinski definition) is 0. The first-order chi connectivity index (χ1) is 9.19. The summed E-state index contributed by atoms with van der Waals surface area (Å²) in [6.07, 6.45) is 2.57. The van der Waals surface area contributed by atoms with Gasteiger partial charge in [0.05, 0.1) is 15.8 Å². The normalized spacial score (nSPS) is 10.4. The number of carbonyl (C=O) groups excluding carboxylic acids is 1. The van der Waals surface area contributed by atoms with Gasteiger partial charge in [0.15, 0.2) is 5.78 Å². The first-order valence-corrected chi connectivity index (χ1v) is 7.42. The first-order valence-electron chi connectivity index (χ1n) is 6.05. The molecule has 0 spiro atoms. The van der Waals surface area contributed by atoms with Gasteiger partial charge in [0.25, 0.3) is 0 Å². The SMILES string of the molecule is CCc1ccc(C(=O)CSc2ccc(Cl)cn2)cc1. The predicted octanol–water partition coefficient (Wildman–Crippen LogP) is 4.27. The van der Waals surface area contributed by atoms with Crippen LogP contribution in [0.3, 0.4) is 0 Å². The Bertz CT molecular complexity index is 551. The highest BCUT2D eigenvalue weighted by Gasteiger charge is 2.07. The van der Waals surface area contributed by atoms with Gasteiger partial charge in [-0.3, -0.25) is 4.79 Å². The highest BCUT2D eigenvalue weighted by atomic mass is 35.5. The third kappa shape index (κ3) is 4.08. The summed E-state index contributed by atoms with van der Waals surface area (Å²) in [5, 5.41) is 1.41. The Labute approximate surface area is 122 Å². The Balaban J connectivity index is 1.95. The van der Waals surface area contributed by atoms with Crippen molar-refractivity contribution in [1.82, 2.24) is 4.98 Å². The van der Waals surface area contributed by atoms with Gasteiger partial charge >= 0.3 is 0 Å². The molecule has 0 saturated carbocycles. The highest BCUT2D eigenvalue weighted by molar-refractivity contribution is 7.99. The van der Waals surface area contributed by atoms with E-state index in [1.165, 1.54) is 17.3 Å². The smallest absolute Gasteiger partial charge is 0.173 e. The maximum atomic E-state index is 12.0. The lowest BCUT2D eigenvalue weighted by molar-refractivity contribution is 0.102.